The third-order valence-electron chi connectivity index (χ3n) is 5.30. The molecule has 0 saturated heterocycles. The van der Waals surface area contributed by atoms with Gasteiger partial charge in [0.2, 0.25) is 0 Å². The Balaban J connectivity index is 1.68. The number of hydrogen-bond acceptors (Lipinski definition) is 5. The molecule has 2 aromatic rings. The van der Waals surface area contributed by atoms with Gasteiger partial charge < -0.3 is 20.9 Å². The van der Waals surface area contributed by atoms with Crippen LogP contribution in [0.3, 0.4) is 0 Å². The SMILES string of the molecule is COc1ccc(C(=O)Nc2ccccc2CN(CC[C@H](N)C(=O)O)CC2CC2)cc1. The first kappa shape index (κ1) is 21.8. The number of nitrogens with two attached hydrogens (primary N) is 1. The first-order valence-corrected chi connectivity index (χ1v) is 10.2. The van der Waals surface area contributed by atoms with Gasteiger partial charge in [-0.15, -0.1) is 0 Å². The summed E-state index contributed by atoms with van der Waals surface area (Å²) in [5.74, 6) is 0.189. The second kappa shape index (κ2) is 10.2. The Kier molecular flexibility index (Phi) is 7.43. The van der Waals surface area contributed by atoms with E-state index in [1.807, 2.05) is 24.3 Å². The minimum atomic E-state index is -0.978. The summed E-state index contributed by atoms with van der Waals surface area (Å²) in [7, 11) is 1.59. The summed E-state index contributed by atoms with van der Waals surface area (Å²) in [6.45, 7) is 2.14. The van der Waals surface area contributed by atoms with E-state index in [0.29, 0.717) is 36.7 Å². The molecule has 0 heterocycles. The van der Waals surface area contributed by atoms with Gasteiger partial charge in [0.05, 0.1) is 7.11 Å². The number of ether oxygens (including phenoxy) is 1. The number of carboxylic acid groups (broad SMARTS) is 1. The van der Waals surface area contributed by atoms with E-state index in [9.17, 15) is 9.59 Å². The van der Waals surface area contributed by atoms with Gasteiger partial charge in [-0.3, -0.25) is 14.5 Å². The van der Waals surface area contributed by atoms with E-state index in [4.69, 9.17) is 15.6 Å². The number of carboxylic acids is 1. The Morgan fingerprint density at radius 1 is 1.20 bits per heavy atom. The van der Waals surface area contributed by atoms with Gasteiger partial charge in [0, 0.05) is 30.9 Å². The summed E-state index contributed by atoms with van der Waals surface area (Å²) < 4.78 is 5.14. The van der Waals surface area contributed by atoms with Crippen molar-refractivity contribution in [3.8, 4) is 5.75 Å². The summed E-state index contributed by atoms with van der Waals surface area (Å²) in [5, 5.41) is 12.1. The highest BCUT2D eigenvalue weighted by molar-refractivity contribution is 6.04. The number of carbonyl (C=O) groups excluding carboxylic acids is 1. The van der Waals surface area contributed by atoms with Crippen molar-refractivity contribution in [2.75, 3.05) is 25.5 Å². The molecule has 7 heteroatoms. The summed E-state index contributed by atoms with van der Waals surface area (Å²) in [4.78, 5) is 26.0. The molecule has 0 bridgehead atoms. The zero-order valence-electron chi connectivity index (χ0n) is 17.2. The largest absolute Gasteiger partial charge is 0.497 e. The lowest BCUT2D eigenvalue weighted by atomic mass is 10.1. The van der Waals surface area contributed by atoms with Crippen LogP contribution in [0.1, 0.15) is 35.2 Å². The molecule has 0 aromatic heterocycles. The smallest absolute Gasteiger partial charge is 0.320 e. The third-order valence-corrected chi connectivity index (χ3v) is 5.30. The van der Waals surface area contributed by atoms with Gasteiger partial charge in [0.15, 0.2) is 0 Å². The number of methoxy groups -OCH3 is 1. The maximum atomic E-state index is 12.7. The summed E-state index contributed by atoms with van der Waals surface area (Å²) in [5.41, 5.74) is 7.98. The fourth-order valence-electron chi connectivity index (χ4n) is 3.30. The molecule has 30 heavy (non-hydrogen) atoms. The van der Waals surface area contributed by atoms with Gasteiger partial charge in [-0.1, -0.05) is 18.2 Å². The van der Waals surface area contributed by atoms with Crippen LogP contribution in [-0.2, 0) is 11.3 Å². The fourth-order valence-corrected chi connectivity index (χ4v) is 3.30. The van der Waals surface area contributed by atoms with Crippen molar-refractivity contribution in [2.24, 2.45) is 11.7 Å². The van der Waals surface area contributed by atoms with Crippen LogP contribution in [0.15, 0.2) is 48.5 Å². The molecule has 0 aliphatic heterocycles. The maximum Gasteiger partial charge on any atom is 0.320 e. The average Bonchev–Trinajstić information content (AvgIpc) is 3.57. The molecule has 160 valence electrons. The molecule has 1 fully saturated rings. The molecule has 1 aliphatic rings. The maximum absolute atomic E-state index is 12.7. The monoisotopic (exact) mass is 411 g/mol. The third kappa shape index (κ3) is 6.30. The lowest BCUT2D eigenvalue weighted by Gasteiger charge is -2.24. The number of rotatable bonds is 11. The quantitative estimate of drug-likeness (QED) is 0.525. The first-order chi connectivity index (χ1) is 14.5. The minimum Gasteiger partial charge on any atom is -0.497 e. The molecule has 0 spiro atoms. The molecule has 3 rings (SSSR count). The van der Waals surface area contributed by atoms with Crippen LogP contribution in [0.25, 0.3) is 0 Å². The van der Waals surface area contributed by atoms with Crippen molar-refractivity contribution in [3.05, 3.63) is 59.7 Å². The molecular formula is C23H29N3O4. The summed E-state index contributed by atoms with van der Waals surface area (Å²) in [6, 6.07) is 13.8. The van der Waals surface area contributed by atoms with Crippen molar-refractivity contribution in [1.82, 2.24) is 4.90 Å². The van der Waals surface area contributed by atoms with E-state index in [1.165, 1.54) is 12.8 Å². The van der Waals surface area contributed by atoms with Crippen LogP contribution in [0.4, 0.5) is 5.69 Å². The van der Waals surface area contributed by atoms with Gasteiger partial charge >= 0.3 is 5.97 Å². The topological polar surface area (TPSA) is 105 Å². The van der Waals surface area contributed by atoms with Gasteiger partial charge in [-0.05, 0) is 61.1 Å². The highest BCUT2D eigenvalue weighted by Crippen LogP contribution is 2.31. The van der Waals surface area contributed by atoms with E-state index in [0.717, 1.165) is 17.8 Å². The standard InChI is InChI=1S/C23H29N3O4/c1-30-19-10-8-17(9-11-19)22(27)25-21-5-3-2-4-18(21)15-26(14-16-6-7-16)13-12-20(24)23(28)29/h2-5,8-11,16,20H,6-7,12-15,24H2,1H3,(H,25,27)(H,28,29)/t20-/m0/s1. The summed E-state index contributed by atoms with van der Waals surface area (Å²) in [6.07, 6.45) is 2.80. The second-order valence-electron chi connectivity index (χ2n) is 7.75. The minimum absolute atomic E-state index is 0.188. The molecule has 0 unspecified atom stereocenters. The Morgan fingerprint density at radius 2 is 1.90 bits per heavy atom. The highest BCUT2D eigenvalue weighted by Gasteiger charge is 2.25. The van der Waals surface area contributed by atoms with Crippen molar-refractivity contribution in [3.63, 3.8) is 0 Å². The normalized spacial score (nSPS) is 14.4. The Bertz CT molecular complexity index is 865. The van der Waals surface area contributed by atoms with Gasteiger partial charge in [-0.2, -0.15) is 0 Å². The molecule has 0 radical (unpaired) electrons. The lowest BCUT2D eigenvalue weighted by Crippen LogP contribution is -2.36. The van der Waals surface area contributed by atoms with E-state index >= 15 is 0 Å². The van der Waals surface area contributed by atoms with Crippen LogP contribution in [-0.4, -0.2) is 48.1 Å². The van der Waals surface area contributed by atoms with Crippen molar-refractivity contribution < 1.29 is 19.4 Å². The number of benzene rings is 2. The number of amides is 1. The molecule has 4 N–H and O–H groups in total. The number of anilines is 1. The zero-order valence-corrected chi connectivity index (χ0v) is 17.2. The Labute approximate surface area is 176 Å². The average molecular weight is 412 g/mol. The second-order valence-corrected chi connectivity index (χ2v) is 7.75. The highest BCUT2D eigenvalue weighted by atomic mass is 16.5. The number of hydrogen-bond donors (Lipinski definition) is 3. The van der Waals surface area contributed by atoms with Gasteiger partial charge in [-0.25, -0.2) is 0 Å². The van der Waals surface area contributed by atoms with E-state index in [2.05, 4.69) is 10.2 Å². The van der Waals surface area contributed by atoms with Crippen LogP contribution >= 0.6 is 0 Å². The molecule has 2 aromatic carbocycles. The molecule has 1 atom stereocenters. The van der Waals surface area contributed by atoms with Crippen LogP contribution in [0.5, 0.6) is 5.75 Å². The van der Waals surface area contributed by atoms with Crippen molar-refractivity contribution in [1.29, 1.82) is 0 Å². The molecule has 1 saturated carbocycles. The van der Waals surface area contributed by atoms with Gasteiger partial charge in [0.25, 0.3) is 5.91 Å². The predicted octanol–water partition coefficient (Wildman–Crippen LogP) is 2.96. The van der Waals surface area contributed by atoms with Crippen LogP contribution < -0.4 is 15.8 Å². The van der Waals surface area contributed by atoms with E-state index in [1.54, 1.807) is 31.4 Å². The molecule has 1 aliphatic carbocycles. The fraction of sp³-hybridized carbons (Fsp3) is 0.391. The Morgan fingerprint density at radius 3 is 2.53 bits per heavy atom. The number of para-hydroxylation sites is 1. The number of carbonyl (C=O) groups is 2. The Hall–Kier alpha value is -2.90. The summed E-state index contributed by atoms with van der Waals surface area (Å²) >= 11 is 0. The van der Waals surface area contributed by atoms with E-state index < -0.39 is 12.0 Å². The molecular weight excluding hydrogens is 382 g/mol. The van der Waals surface area contributed by atoms with Crippen LogP contribution in [0.2, 0.25) is 0 Å². The number of aliphatic carboxylic acids is 1. The number of nitrogens with one attached hydrogen (secondary N) is 1. The molecule has 7 nitrogen and oxygen atoms in total. The van der Waals surface area contributed by atoms with Gasteiger partial charge in [0.1, 0.15) is 11.8 Å². The molecule has 1 amide bonds. The van der Waals surface area contributed by atoms with E-state index in [-0.39, 0.29) is 5.91 Å². The first-order valence-electron chi connectivity index (χ1n) is 10.2. The van der Waals surface area contributed by atoms with Crippen molar-refractivity contribution in [2.45, 2.75) is 31.8 Å². The predicted molar refractivity (Wildman–Crippen MR) is 116 cm³/mol. The lowest BCUT2D eigenvalue weighted by molar-refractivity contribution is -0.138. The number of nitrogens with zero attached hydrogens (tertiary/aromatic N) is 1. The van der Waals surface area contributed by atoms with Crippen LogP contribution in [0, 0.1) is 5.92 Å². The zero-order chi connectivity index (χ0) is 21.5. The van der Waals surface area contributed by atoms with Crippen molar-refractivity contribution >= 4 is 17.6 Å².